The highest BCUT2D eigenvalue weighted by Gasteiger charge is 2.16. The van der Waals surface area contributed by atoms with E-state index < -0.39 is 22.0 Å². The summed E-state index contributed by atoms with van der Waals surface area (Å²) in [5.74, 6) is -0.311. The summed E-state index contributed by atoms with van der Waals surface area (Å²) >= 11 is 0. The Morgan fingerprint density at radius 3 is 2.71 bits per heavy atom. The Hall–Kier alpha value is -2.95. The minimum Gasteiger partial charge on any atom is -0.392 e. The van der Waals surface area contributed by atoms with Crippen LogP contribution in [0.25, 0.3) is 5.57 Å². The lowest BCUT2D eigenvalue weighted by atomic mass is 10.1. The molecule has 31 heavy (non-hydrogen) atoms. The molecule has 0 bridgehead atoms. The minimum atomic E-state index is -3.77. The van der Waals surface area contributed by atoms with Crippen LogP contribution in [0, 0.1) is 0 Å². The van der Waals surface area contributed by atoms with E-state index in [0.717, 1.165) is 0 Å². The number of amides is 1. The SMILES string of the molecule is CC(O)CNS(=O)(=O)c1cccc(CNC(=O)c2cnc(C3=CCCC(F)=C3)nc2)c1. The average Bonchev–Trinajstić information content (AvgIpc) is 2.76. The fourth-order valence-corrected chi connectivity index (χ4v) is 4.03. The smallest absolute Gasteiger partial charge is 0.254 e. The second kappa shape index (κ2) is 9.90. The van der Waals surface area contributed by atoms with Gasteiger partial charge in [-0.2, -0.15) is 0 Å². The van der Waals surface area contributed by atoms with Crippen LogP contribution in [0.2, 0.25) is 0 Å². The molecule has 1 aliphatic rings. The van der Waals surface area contributed by atoms with Crippen LogP contribution in [0.5, 0.6) is 0 Å². The number of aliphatic hydroxyl groups is 1. The van der Waals surface area contributed by atoms with Crippen molar-refractivity contribution in [3.05, 3.63) is 71.6 Å². The number of hydrogen-bond acceptors (Lipinski definition) is 6. The van der Waals surface area contributed by atoms with Crippen molar-refractivity contribution in [2.45, 2.75) is 37.3 Å². The molecule has 1 aromatic carbocycles. The Labute approximate surface area is 180 Å². The van der Waals surface area contributed by atoms with Crippen molar-refractivity contribution in [1.29, 1.82) is 0 Å². The zero-order valence-electron chi connectivity index (χ0n) is 16.9. The molecule has 3 rings (SSSR count). The van der Waals surface area contributed by atoms with Gasteiger partial charge in [-0.15, -0.1) is 0 Å². The second-order valence-electron chi connectivity index (χ2n) is 7.12. The van der Waals surface area contributed by atoms with E-state index in [9.17, 15) is 22.7 Å². The molecular weight excluding hydrogens is 423 g/mol. The lowest BCUT2D eigenvalue weighted by Crippen LogP contribution is -2.30. The number of halogens is 1. The molecule has 164 valence electrons. The number of nitrogens with zero attached hydrogens (tertiary/aromatic N) is 2. The van der Waals surface area contributed by atoms with Gasteiger partial charge in [-0.3, -0.25) is 4.79 Å². The van der Waals surface area contributed by atoms with E-state index in [4.69, 9.17) is 0 Å². The van der Waals surface area contributed by atoms with Crippen molar-refractivity contribution in [2.24, 2.45) is 0 Å². The molecule has 0 aliphatic heterocycles. The third kappa shape index (κ3) is 6.27. The fourth-order valence-electron chi connectivity index (χ4n) is 2.84. The number of carbonyl (C=O) groups is 1. The molecule has 0 spiro atoms. The summed E-state index contributed by atoms with van der Waals surface area (Å²) in [6.07, 6.45) is 6.08. The van der Waals surface area contributed by atoms with Gasteiger partial charge in [0.05, 0.1) is 16.6 Å². The number of allylic oxidation sites excluding steroid dienone is 4. The summed E-state index contributed by atoms with van der Waals surface area (Å²) in [6.45, 7) is 1.48. The summed E-state index contributed by atoms with van der Waals surface area (Å²) in [4.78, 5) is 20.7. The van der Waals surface area contributed by atoms with E-state index in [-0.39, 0.29) is 29.4 Å². The first-order valence-corrected chi connectivity index (χ1v) is 11.2. The van der Waals surface area contributed by atoms with E-state index in [1.54, 1.807) is 12.1 Å². The van der Waals surface area contributed by atoms with Crippen LogP contribution < -0.4 is 10.0 Å². The molecule has 1 aromatic heterocycles. The molecule has 0 radical (unpaired) electrons. The molecule has 1 amide bonds. The molecular formula is C21H23FN4O4S. The Morgan fingerprint density at radius 2 is 2.03 bits per heavy atom. The van der Waals surface area contributed by atoms with Crippen LogP contribution in [-0.4, -0.2) is 42.0 Å². The number of benzene rings is 1. The first-order chi connectivity index (χ1) is 14.7. The third-order valence-corrected chi connectivity index (χ3v) is 5.88. The molecule has 2 aromatic rings. The maximum Gasteiger partial charge on any atom is 0.254 e. The summed E-state index contributed by atoms with van der Waals surface area (Å²) in [7, 11) is -3.77. The number of sulfonamides is 1. The van der Waals surface area contributed by atoms with Gasteiger partial charge in [0.25, 0.3) is 5.91 Å². The van der Waals surface area contributed by atoms with Gasteiger partial charge in [0, 0.05) is 37.5 Å². The molecule has 0 saturated carbocycles. The minimum absolute atomic E-state index is 0.0358. The highest BCUT2D eigenvalue weighted by molar-refractivity contribution is 7.89. The monoisotopic (exact) mass is 446 g/mol. The Morgan fingerprint density at radius 1 is 1.29 bits per heavy atom. The second-order valence-corrected chi connectivity index (χ2v) is 8.88. The summed E-state index contributed by atoms with van der Waals surface area (Å²) in [5.41, 5.74) is 1.39. The van der Waals surface area contributed by atoms with Crippen LogP contribution in [0.3, 0.4) is 0 Å². The van der Waals surface area contributed by atoms with Crippen LogP contribution >= 0.6 is 0 Å². The lowest BCUT2D eigenvalue weighted by molar-refractivity contribution is 0.0950. The topological polar surface area (TPSA) is 121 Å². The summed E-state index contributed by atoms with van der Waals surface area (Å²) < 4.78 is 40.3. The van der Waals surface area contributed by atoms with Crippen molar-refractivity contribution in [3.63, 3.8) is 0 Å². The number of aromatic nitrogens is 2. The molecule has 1 aliphatic carbocycles. The van der Waals surface area contributed by atoms with Crippen molar-refractivity contribution < 1.29 is 22.7 Å². The van der Waals surface area contributed by atoms with Gasteiger partial charge < -0.3 is 10.4 Å². The number of nitrogens with one attached hydrogen (secondary N) is 2. The molecule has 0 saturated heterocycles. The molecule has 1 atom stereocenters. The van der Waals surface area contributed by atoms with Crippen molar-refractivity contribution in [2.75, 3.05) is 6.54 Å². The number of carbonyl (C=O) groups excluding carboxylic acids is 1. The van der Waals surface area contributed by atoms with Crippen LogP contribution in [0.15, 0.2) is 59.5 Å². The van der Waals surface area contributed by atoms with Crippen molar-refractivity contribution in [3.8, 4) is 0 Å². The Balaban J connectivity index is 1.63. The zero-order chi connectivity index (χ0) is 22.4. The van der Waals surface area contributed by atoms with E-state index in [0.29, 0.717) is 29.8 Å². The third-order valence-electron chi connectivity index (χ3n) is 4.46. The van der Waals surface area contributed by atoms with Gasteiger partial charge in [-0.1, -0.05) is 18.2 Å². The predicted octanol–water partition coefficient (Wildman–Crippen LogP) is 2.10. The molecule has 0 fully saturated rings. The highest BCUT2D eigenvalue weighted by atomic mass is 32.2. The van der Waals surface area contributed by atoms with E-state index >= 15 is 0 Å². The predicted molar refractivity (Wildman–Crippen MR) is 113 cm³/mol. The maximum absolute atomic E-state index is 13.4. The van der Waals surface area contributed by atoms with Gasteiger partial charge in [0.15, 0.2) is 5.82 Å². The van der Waals surface area contributed by atoms with Crippen LogP contribution in [0.4, 0.5) is 4.39 Å². The Kier molecular flexibility index (Phi) is 7.26. The summed E-state index contributed by atoms with van der Waals surface area (Å²) in [6, 6.07) is 6.13. The zero-order valence-corrected chi connectivity index (χ0v) is 17.7. The molecule has 10 heteroatoms. The first kappa shape index (κ1) is 22.7. The highest BCUT2D eigenvalue weighted by Crippen LogP contribution is 2.23. The number of rotatable bonds is 8. The molecule has 8 nitrogen and oxygen atoms in total. The molecule has 1 unspecified atom stereocenters. The van der Waals surface area contributed by atoms with E-state index in [1.165, 1.54) is 37.5 Å². The average molecular weight is 447 g/mol. The molecule has 3 N–H and O–H groups in total. The quantitative estimate of drug-likeness (QED) is 0.571. The van der Waals surface area contributed by atoms with Crippen molar-refractivity contribution in [1.82, 2.24) is 20.0 Å². The standard InChI is InChI=1S/C21H23FN4O4S/c1-14(27)10-26-31(29,30)19-7-2-4-15(8-19)11-25-21(28)17-12-23-20(24-13-17)16-5-3-6-18(22)9-16/h2,4-5,7-9,12-14,26-27H,3,6,10-11H2,1H3,(H,25,28). The normalized spacial score (nSPS) is 15.1. The largest absolute Gasteiger partial charge is 0.392 e. The maximum atomic E-state index is 13.4. The van der Waals surface area contributed by atoms with Gasteiger partial charge in [0.2, 0.25) is 10.0 Å². The van der Waals surface area contributed by atoms with Crippen LogP contribution in [-0.2, 0) is 16.6 Å². The van der Waals surface area contributed by atoms with E-state index in [2.05, 4.69) is 20.0 Å². The van der Waals surface area contributed by atoms with Gasteiger partial charge in [-0.05, 0) is 37.1 Å². The summed E-state index contributed by atoms with van der Waals surface area (Å²) in [5, 5.41) is 12.0. The van der Waals surface area contributed by atoms with Crippen LogP contribution in [0.1, 0.15) is 41.5 Å². The first-order valence-electron chi connectivity index (χ1n) is 9.68. The number of hydrogen-bond donors (Lipinski definition) is 3. The van der Waals surface area contributed by atoms with Crippen molar-refractivity contribution >= 4 is 21.5 Å². The van der Waals surface area contributed by atoms with Gasteiger partial charge in [0.1, 0.15) is 5.83 Å². The van der Waals surface area contributed by atoms with Gasteiger partial charge >= 0.3 is 0 Å². The Bertz CT molecular complexity index is 1110. The fraction of sp³-hybridized carbons (Fsp3) is 0.286. The van der Waals surface area contributed by atoms with Gasteiger partial charge in [-0.25, -0.2) is 27.5 Å². The molecule has 1 heterocycles. The lowest BCUT2D eigenvalue weighted by Gasteiger charge is -2.10. The van der Waals surface area contributed by atoms with E-state index in [1.807, 2.05) is 6.08 Å². The number of aliphatic hydroxyl groups excluding tert-OH is 1.